The highest BCUT2D eigenvalue weighted by molar-refractivity contribution is 6.30. The van der Waals surface area contributed by atoms with Gasteiger partial charge in [0.1, 0.15) is 11.9 Å². The SMILES string of the molecule is C=C(CC(=O)O)N1CC(Oc2ccc(Cl)cc2C(C)(C)C)C1. The lowest BCUT2D eigenvalue weighted by atomic mass is 9.86. The highest BCUT2D eigenvalue weighted by Gasteiger charge is 2.31. The molecule has 1 heterocycles. The van der Waals surface area contributed by atoms with Crippen molar-refractivity contribution in [1.82, 2.24) is 4.90 Å². The number of carbonyl (C=O) groups is 1. The van der Waals surface area contributed by atoms with E-state index in [9.17, 15) is 4.79 Å². The number of halogens is 1. The summed E-state index contributed by atoms with van der Waals surface area (Å²) in [5.74, 6) is -0.0208. The molecule has 4 nitrogen and oxygen atoms in total. The number of aliphatic carboxylic acids is 1. The van der Waals surface area contributed by atoms with E-state index in [-0.39, 0.29) is 17.9 Å². The molecule has 1 aromatic rings. The van der Waals surface area contributed by atoms with E-state index in [4.69, 9.17) is 21.4 Å². The molecule has 0 bridgehead atoms. The van der Waals surface area contributed by atoms with Crippen LogP contribution in [0.4, 0.5) is 0 Å². The van der Waals surface area contributed by atoms with E-state index in [1.54, 1.807) is 0 Å². The van der Waals surface area contributed by atoms with Gasteiger partial charge in [0, 0.05) is 16.3 Å². The summed E-state index contributed by atoms with van der Waals surface area (Å²) in [5, 5.41) is 9.47. The van der Waals surface area contributed by atoms with Crippen LogP contribution in [0.15, 0.2) is 30.5 Å². The Hall–Kier alpha value is -1.68. The van der Waals surface area contributed by atoms with Crippen molar-refractivity contribution in [2.45, 2.75) is 38.7 Å². The van der Waals surface area contributed by atoms with Gasteiger partial charge < -0.3 is 14.7 Å². The Labute approximate surface area is 136 Å². The average molecular weight is 324 g/mol. The molecule has 5 heteroatoms. The number of ether oxygens (including phenoxy) is 1. The van der Waals surface area contributed by atoms with Crippen molar-refractivity contribution in [3.63, 3.8) is 0 Å². The van der Waals surface area contributed by atoms with Crippen molar-refractivity contribution >= 4 is 17.6 Å². The number of nitrogens with zero attached hydrogens (tertiary/aromatic N) is 1. The van der Waals surface area contributed by atoms with Gasteiger partial charge in [0.25, 0.3) is 0 Å². The summed E-state index contributed by atoms with van der Waals surface area (Å²) in [4.78, 5) is 12.6. The maximum atomic E-state index is 10.7. The molecule has 22 heavy (non-hydrogen) atoms. The van der Waals surface area contributed by atoms with Crippen LogP contribution in [0.5, 0.6) is 5.75 Å². The largest absolute Gasteiger partial charge is 0.486 e. The number of benzene rings is 1. The fraction of sp³-hybridized carbons (Fsp3) is 0.471. The van der Waals surface area contributed by atoms with Crippen LogP contribution in [0.3, 0.4) is 0 Å². The summed E-state index contributed by atoms with van der Waals surface area (Å²) in [6, 6.07) is 5.67. The van der Waals surface area contributed by atoms with Crippen molar-refractivity contribution in [2.75, 3.05) is 13.1 Å². The number of carboxylic acid groups (broad SMARTS) is 1. The summed E-state index contributed by atoms with van der Waals surface area (Å²) in [6.07, 6.45) is 0.0220. The molecule has 0 amide bonds. The van der Waals surface area contributed by atoms with E-state index in [0.717, 1.165) is 11.3 Å². The molecule has 0 spiro atoms. The van der Waals surface area contributed by atoms with Crippen molar-refractivity contribution in [2.24, 2.45) is 0 Å². The Bertz CT molecular complexity index is 586. The van der Waals surface area contributed by atoms with Crippen molar-refractivity contribution in [3.05, 3.63) is 41.1 Å². The molecular formula is C17H22ClNO3. The molecule has 0 unspecified atom stereocenters. The van der Waals surface area contributed by atoms with Crippen LogP contribution in [0.25, 0.3) is 0 Å². The van der Waals surface area contributed by atoms with Gasteiger partial charge in [-0.3, -0.25) is 4.79 Å². The predicted molar refractivity (Wildman–Crippen MR) is 87.5 cm³/mol. The zero-order valence-electron chi connectivity index (χ0n) is 13.2. The standard InChI is InChI=1S/C17H22ClNO3/c1-11(7-16(20)21)19-9-13(10-19)22-15-6-5-12(18)8-14(15)17(2,3)4/h5-6,8,13H,1,7,9-10H2,2-4H3,(H,20,21). The normalized spacial score (nSPS) is 15.4. The number of carboxylic acids is 1. The zero-order chi connectivity index (χ0) is 16.5. The Balaban J connectivity index is 2.00. The van der Waals surface area contributed by atoms with E-state index in [1.165, 1.54) is 0 Å². The van der Waals surface area contributed by atoms with Crippen LogP contribution >= 0.6 is 11.6 Å². The van der Waals surface area contributed by atoms with Gasteiger partial charge in [-0.15, -0.1) is 0 Å². The van der Waals surface area contributed by atoms with E-state index in [0.29, 0.717) is 23.8 Å². The Morgan fingerprint density at radius 1 is 1.45 bits per heavy atom. The lowest BCUT2D eigenvalue weighted by Crippen LogP contribution is -2.53. The summed E-state index contributed by atoms with van der Waals surface area (Å²) in [6.45, 7) is 11.5. The molecular weight excluding hydrogens is 302 g/mol. The molecule has 2 rings (SSSR count). The first-order valence-corrected chi connectivity index (χ1v) is 7.66. The number of rotatable bonds is 5. The first kappa shape index (κ1) is 16.7. The van der Waals surface area contributed by atoms with Crippen molar-refractivity contribution in [1.29, 1.82) is 0 Å². The molecule has 0 radical (unpaired) electrons. The van der Waals surface area contributed by atoms with Crippen molar-refractivity contribution < 1.29 is 14.6 Å². The average Bonchev–Trinajstić information content (AvgIpc) is 2.32. The molecule has 120 valence electrons. The Morgan fingerprint density at radius 3 is 2.64 bits per heavy atom. The molecule has 1 aliphatic heterocycles. The molecule has 0 saturated carbocycles. The molecule has 1 aromatic carbocycles. The first-order valence-electron chi connectivity index (χ1n) is 7.28. The van der Waals surface area contributed by atoms with Crippen LogP contribution in [-0.2, 0) is 10.2 Å². The van der Waals surface area contributed by atoms with Crippen LogP contribution in [0.2, 0.25) is 5.02 Å². The minimum atomic E-state index is -0.859. The highest BCUT2D eigenvalue weighted by Crippen LogP contribution is 2.35. The monoisotopic (exact) mass is 323 g/mol. The molecule has 1 fully saturated rings. The summed E-state index contributed by atoms with van der Waals surface area (Å²) in [5.41, 5.74) is 1.64. The second kappa shape index (κ2) is 6.21. The topological polar surface area (TPSA) is 49.8 Å². The van der Waals surface area contributed by atoms with Crippen LogP contribution in [0, 0.1) is 0 Å². The number of hydrogen-bond donors (Lipinski definition) is 1. The molecule has 0 aromatic heterocycles. The fourth-order valence-electron chi connectivity index (χ4n) is 2.43. The minimum absolute atomic E-state index is 0.0269. The third-order valence-electron chi connectivity index (χ3n) is 3.69. The van der Waals surface area contributed by atoms with Gasteiger partial charge in [0.05, 0.1) is 19.5 Å². The van der Waals surface area contributed by atoms with Gasteiger partial charge in [-0.05, 0) is 23.6 Å². The molecule has 1 saturated heterocycles. The third-order valence-corrected chi connectivity index (χ3v) is 3.93. The Morgan fingerprint density at radius 2 is 2.09 bits per heavy atom. The Kier molecular flexibility index (Phi) is 4.71. The lowest BCUT2D eigenvalue weighted by molar-refractivity contribution is -0.136. The quantitative estimate of drug-likeness (QED) is 0.898. The second-order valence-electron chi connectivity index (χ2n) is 6.67. The molecule has 1 aliphatic rings. The fourth-order valence-corrected chi connectivity index (χ4v) is 2.60. The van der Waals surface area contributed by atoms with E-state index >= 15 is 0 Å². The van der Waals surface area contributed by atoms with E-state index in [1.807, 2.05) is 23.1 Å². The lowest BCUT2D eigenvalue weighted by Gasteiger charge is -2.42. The van der Waals surface area contributed by atoms with E-state index < -0.39 is 5.97 Å². The maximum Gasteiger partial charge on any atom is 0.309 e. The van der Waals surface area contributed by atoms with Gasteiger partial charge in [-0.2, -0.15) is 0 Å². The van der Waals surface area contributed by atoms with Crippen LogP contribution in [0.1, 0.15) is 32.8 Å². The molecule has 0 aliphatic carbocycles. The zero-order valence-corrected chi connectivity index (χ0v) is 14.0. The van der Waals surface area contributed by atoms with Gasteiger partial charge in [0.2, 0.25) is 0 Å². The van der Waals surface area contributed by atoms with Crippen LogP contribution < -0.4 is 4.74 Å². The minimum Gasteiger partial charge on any atom is -0.486 e. The van der Waals surface area contributed by atoms with Crippen molar-refractivity contribution in [3.8, 4) is 5.75 Å². The highest BCUT2D eigenvalue weighted by atomic mass is 35.5. The van der Waals surface area contributed by atoms with Gasteiger partial charge in [-0.25, -0.2) is 0 Å². The van der Waals surface area contributed by atoms with Gasteiger partial charge >= 0.3 is 5.97 Å². The summed E-state index contributed by atoms with van der Waals surface area (Å²) in [7, 11) is 0. The second-order valence-corrected chi connectivity index (χ2v) is 7.11. The predicted octanol–water partition coefficient (Wildman–Crippen LogP) is 3.69. The molecule has 1 N–H and O–H groups in total. The van der Waals surface area contributed by atoms with Gasteiger partial charge in [-0.1, -0.05) is 39.0 Å². The molecule has 0 atom stereocenters. The first-order chi connectivity index (χ1) is 10.2. The maximum absolute atomic E-state index is 10.7. The third kappa shape index (κ3) is 3.95. The summed E-state index contributed by atoms with van der Waals surface area (Å²) >= 11 is 6.09. The van der Waals surface area contributed by atoms with Crippen LogP contribution in [-0.4, -0.2) is 35.2 Å². The summed E-state index contributed by atoms with van der Waals surface area (Å²) < 4.78 is 6.06. The number of hydrogen-bond acceptors (Lipinski definition) is 3. The smallest absolute Gasteiger partial charge is 0.309 e. The number of likely N-dealkylation sites (tertiary alicyclic amines) is 1. The van der Waals surface area contributed by atoms with E-state index in [2.05, 4.69) is 27.4 Å². The van der Waals surface area contributed by atoms with Gasteiger partial charge in [0.15, 0.2) is 0 Å².